The SMILES string of the molecule is CCCC(c1nnnn1C1CCCC1)N(Cc1cccs1)Cc1cc2cc(C)ccc2[nH]c1=O. The number of fused-ring (bicyclic) bond motifs is 1. The van der Waals surface area contributed by atoms with E-state index < -0.39 is 0 Å². The molecule has 0 spiro atoms. The topological polar surface area (TPSA) is 79.7 Å². The first-order chi connectivity index (χ1) is 16.6. The van der Waals surface area contributed by atoms with Crippen molar-refractivity contribution in [2.45, 2.75) is 77.5 Å². The normalized spacial score (nSPS) is 15.5. The van der Waals surface area contributed by atoms with E-state index in [0.29, 0.717) is 12.6 Å². The lowest BCUT2D eigenvalue weighted by atomic mass is 10.1. The molecule has 4 aromatic rings. The van der Waals surface area contributed by atoms with Crippen LogP contribution in [0.1, 0.15) is 79.4 Å². The van der Waals surface area contributed by atoms with Gasteiger partial charge < -0.3 is 4.98 Å². The second kappa shape index (κ2) is 10.2. The van der Waals surface area contributed by atoms with E-state index in [0.717, 1.165) is 54.5 Å². The van der Waals surface area contributed by atoms with Crippen LogP contribution in [0.25, 0.3) is 10.9 Å². The van der Waals surface area contributed by atoms with Crippen molar-refractivity contribution in [3.63, 3.8) is 0 Å². The number of thiophene rings is 1. The largest absolute Gasteiger partial charge is 0.322 e. The van der Waals surface area contributed by atoms with Crippen LogP contribution < -0.4 is 5.56 Å². The third-order valence-electron chi connectivity index (χ3n) is 6.88. The van der Waals surface area contributed by atoms with Crippen LogP contribution >= 0.6 is 11.3 Å². The molecule has 1 saturated carbocycles. The van der Waals surface area contributed by atoms with Crippen molar-refractivity contribution in [3.05, 3.63) is 74.0 Å². The van der Waals surface area contributed by atoms with Gasteiger partial charge in [0, 0.05) is 29.0 Å². The fourth-order valence-electron chi connectivity index (χ4n) is 5.16. The quantitative estimate of drug-likeness (QED) is 0.343. The van der Waals surface area contributed by atoms with Gasteiger partial charge in [0.15, 0.2) is 5.82 Å². The summed E-state index contributed by atoms with van der Waals surface area (Å²) in [7, 11) is 0. The Morgan fingerprint density at radius 2 is 2.06 bits per heavy atom. The van der Waals surface area contributed by atoms with Gasteiger partial charge in [-0.05, 0) is 71.6 Å². The summed E-state index contributed by atoms with van der Waals surface area (Å²) >= 11 is 1.75. The molecule has 1 fully saturated rings. The number of pyridine rings is 1. The van der Waals surface area contributed by atoms with E-state index >= 15 is 0 Å². The Balaban J connectivity index is 1.54. The molecule has 178 valence electrons. The molecule has 5 rings (SSSR count). The van der Waals surface area contributed by atoms with Gasteiger partial charge >= 0.3 is 0 Å². The fraction of sp³-hybridized carbons (Fsp3) is 0.462. The van der Waals surface area contributed by atoms with Crippen molar-refractivity contribution in [2.24, 2.45) is 0 Å². The molecule has 1 aromatic carbocycles. The Morgan fingerprint density at radius 3 is 2.82 bits per heavy atom. The number of aryl methyl sites for hydroxylation is 1. The average Bonchev–Trinajstić information content (AvgIpc) is 3.60. The maximum absolute atomic E-state index is 13.1. The summed E-state index contributed by atoms with van der Waals surface area (Å²) in [4.78, 5) is 19.8. The van der Waals surface area contributed by atoms with Gasteiger partial charge in [-0.3, -0.25) is 9.69 Å². The summed E-state index contributed by atoms with van der Waals surface area (Å²) < 4.78 is 2.07. The van der Waals surface area contributed by atoms with Crippen LogP contribution in [-0.2, 0) is 13.1 Å². The van der Waals surface area contributed by atoms with Crippen LogP contribution in [0.4, 0.5) is 0 Å². The van der Waals surface area contributed by atoms with E-state index in [2.05, 4.69) is 67.5 Å². The number of aromatic nitrogens is 5. The number of rotatable bonds is 9. The number of benzene rings is 1. The van der Waals surface area contributed by atoms with Crippen molar-refractivity contribution in [3.8, 4) is 0 Å². The molecule has 1 atom stereocenters. The van der Waals surface area contributed by atoms with Gasteiger partial charge in [-0.15, -0.1) is 16.4 Å². The van der Waals surface area contributed by atoms with Gasteiger partial charge in [0.05, 0.1) is 12.1 Å². The van der Waals surface area contributed by atoms with Crippen molar-refractivity contribution in [1.29, 1.82) is 0 Å². The van der Waals surface area contributed by atoms with Crippen molar-refractivity contribution >= 4 is 22.2 Å². The molecule has 1 N–H and O–H groups in total. The van der Waals surface area contributed by atoms with Crippen molar-refractivity contribution < 1.29 is 0 Å². The Morgan fingerprint density at radius 1 is 1.21 bits per heavy atom. The summed E-state index contributed by atoms with van der Waals surface area (Å²) in [6.07, 6.45) is 6.66. The van der Waals surface area contributed by atoms with Crippen molar-refractivity contribution in [1.82, 2.24) is 30.1 Å². The smallest absolute Gasteiger partial charge is 0.252 e. The molecule has 1 unspecified atom stereocenters. The maximum atomic E-state index is 13.1. The number of tetrazole rings is 1. The molecule has 0 amide bonds. The third kappa shape index (κ3) is 4.83. The molecule has 34 heavy (non-hydrogen) atoms. The molecule has 0 aliphatic heterocycles. The van der Waals surface area contributed by atoms with Crippen LogP contribution in [0.3, 0.4) is 0 Å². The highest BCUT2D eigenvalue weighted by Crippen LogP contribution is 2.34. The lowest BCUT2D eigenvalue weighted by Crippen LogP contribution is -2.33. The highest BCUT2D eigenvalue weighted by molar-refractivity contribution is 7.09. The summed E-state index contributed by atoms with van der Waals surface area (Å²) in [5.41, 5.74) is 2.80. The first-order valence-corrected chi connectivity index (χ1v) is 13.2. The molecule has 8 heteroatoms. The zero-order valence-corrected chi connectivity index (χ0v) is 20.7. The highest BCUT2D eigenvalue weighted by atomic mass is 32.1. The minimum Gasteiger partial charge on any atom is -0.322 e. The van der Waals surface area contributed by atoms with Crippen LogP contribution in [0.15, 0.2) is 46.6 Å². The standard InChI is InChI=1S/C26H32N6OS/c1-3-7-24(25-28-29-30-32(25)21-8-4-5-9-21)31(17-22-10-6-13-34-22)16-20-15-19-14-18(2)11-12-23(19)27-26(20)33/h6,10-15,21,24H,3-5,7-9,16-17H2,1-2H3,(H,27,33). The Hall–Kier alpha value is -2.84. The fourth-order valence-corrected chi connectivity index (χ4v) is 5.89. The molecule has 7 nitrogen and oxygen atoms in total. The van der Waals surface area contributed by atoms with Crippen molar-refractivity contribution in [2.75, 3.05) is 0 Å². The Kier molecular flexibility index (Phi) is 6.87. The number of nitrogens with one attached hydrogen (secondary N) is 1. The first kappa shape index (κ1) is 22.9. The summed E-state index contributed by atoms with van der Waals surface area (Å²) in [5, 5.41) is 16.2. The van der Waals surface area contributed by atoms with E-state index in [1.54, 1.807) is 11.3 Å². The molecule has 1 aliphatic rings. The van der Waals surface area contributed by atoms with E-state index in [9.17, 15) is 4.79 Å². The second-order valence-corrected chi connectivity index (χ2v) is 10.5. The lowest BCUT2D eigenvalue weighted by Gasteiger charge is -2.31. The van der Waals surface area contributed by atoms with Gasteiger partial charge in [-0.1, -0.05) is 43.9 Å². The number of hydrogen-bond donors (Lipinski definition) is 1. The monoisotopic (exact) mass is 476 g/mol. The molecule has 0 radical (unpaired) electrons. The molecular weight excluding hydrogens is 444 g/mol. The predicted octanol–water partition coefficient (Wildman–Crippen LogP) is 5.54. The number of hydrogen-bond acceptors (Lipinski definition) is 6. The zero-order valence-electron chi connectivity index (χ0n) is 19.9. The average molecular weight is 477 g/mol. The van der Waals surface area contributed by atoms with Crippen LogP contribution in [0.5, 0.6) is 0 Å². The maximum Gasteiger partial charge on any atom is 0.252 e. The molecule has 0 saturated heterocycles. The van der Waals surface area contributed by atoms with Gasteiger partial charge in [-0.2, -0.15) is 0 Å². The lowest BCUT2D eigenvalue weighted by molar-refractivity contribution is 0.154. The summed E-state index contributed by atoms with van der Waals surface area (Å²) in [5.74, 6) is 0.929. The van der Waals surface area contributed by atoms with Gasteiger partial charge in [-0.25, -0.2) is 4.68 Å². The summed E-state index contributed by atoms with van der Waals surface area (Å²) in [6, 6.07) is 12.8. The minimum atomic E-state index is -0.0295. The third-order valence-corrected chi connectivity index (χ3v) is 7.74. The first-order valence-electron chi connectivity index (χ1n) is 12.3. The zero-order chi connectivity index (χ0) is 23.5. The molecule has 3 heterocycles. The van der Waals surface area contributed by atoms with E-state index in [1.165, 1.54) is 23.3 Å². The summed E-state index contributed by atoms with van der Waals surface area (Å²) in [6.45, 7) is 5.57. The number of nitrogens with zero attached hydrogens (tertiary/aromatic N) is 5. The van der Waals surface area contributed by atoms with Crippen LogP contribution in [-0.4, -0.2) is 30.1 Å². The minimum absolute atomic E-state index is 0.0295. The van der Waals surface area contributed by atoms with E-state index in [-0.39, 0.29) is 11.6 Å². The molecule has 3 aromatic heterocycles. The van der Waals surface area contributed by atoms with Crippen LogP contribution in [0, 0.1) is 6.92 Å². The highest BCUT2D eigenvalue weighted by Gasteiger charge is 2.30. The number of H-pyrrole nitrogens is 1. The number of aromatic amines is 1. The van der Waals surface area contributed by atoms with Crippen LogP contribution in [0.2, 0.25) is 0 Å². The Labute approximate surface area is 203 Å². The second-order valence-electron chi connectivity index (χ2n) is 9.42. The van der Waals surface area contributed by atoms with Gasteiger partial charge in [0.25, 0.3) is 5.56 Å². The van der Waals surface area contributed by atoms with E-state index in [4.69, 9.17) is 0 Å². The van der Waals surface area contributed by atoms with Gasteiger partial charge in [0.2, 0.25) is 0 Å². The van der Waals surface area contributed by atoms with E-state index in [1.807, 2.05) is 18.2 Å². The van der Waals surface area contributed by atoms with Gasteiger partial charge in [0.1, 0.15) is 0 Å². The molecular formula is C26H32N6OS. The molecule has 1 aliphatic carbocycles. The predicted molar refractivity (Wildman–Crippen MR) is 136 cm³/mol. The molecule has 0 bridgehead atoms. The Bertz CT molecular complexity index is 1290.